The maximum Gasteiger partial charge on any atom is 0.335 e. The second-order valence-electron chi connectivity index (χ2n) is 4.75. The molecule has 2 rings (SSSR count). The Bertz CT molecular complexity index is 422. The van der Waals surface area contributed by atoms with Gasteiger partial charge in [-0.05, 0) is 36.8 Å². The summed E-state index contributed by atoms with van der Waals surface area (Å²) in [5.74, 6) is 0.443. The Morgan fingerprint density at radius 3 is 2.94 bits per heavy atom. The van der Waals surface area contributed by atoms with Gasteiger partial charge in [-0.25, -0.2) is 9.78 Å². The van der Waals surface area contributed by atoms with Crippen LogP contribution in [0.4, 0.5) is 5.82 Å². The summed E-state index contributed by atoms with van der Waals surface area (Å²) in [5, 5.41) is 21.3. The summed E-state index contributed by atoms with van der Waals surface area (Å²) < 4.78 is 0. The summed E-state index contributed by atoms with van der Waals surface area (Å²) in [7, 11) is 0. The molecule has 1 aromatic heterocycles. The Labute approximate surface area is 106 Å². The van der Waals surface area contributed by atoms with Crippen molar-refractivity contribution in [3.63, 3.8) is 0 Å². The number of carboxylic acids is 1. The highest BCUT2D eigenvalue weighted by atomic mass is 16.4. The van der Waals surface area contributed by atoms with E-state index < -0.39 is 5.97 Å². The molecule has 2 unspecified atom stereocenters. The van der Waals surface area contributed by atoms with Crippen molar-refractivity contribution in [3.05, 3.63) is 23.9 Å². The minimum atomic E-state index is -0.949. The molecule has 1 aromatic rings. The fourth-order valence-electron chi connectivity index (χ4n) is 2.52. The van der Waals surface area contributed by atoms with E-state index in [1.807, 2.05) is 0 Å². The van der Waals surface area contributed by atoms with Crippen molar-refractivity contribution in [2.24, 2.45) is 11.8 Å². The van der Waals surface area contributed by atoms with E-state index >= 15 is 0 Å². The molecule has 1 aliphatic carbocycles. The van der Waals surface area contributed by atoms with Gasteiger partial charge in [-0.1, -0.05) is 6.42 Å². The molecular formula is C13H18N2O3. The van der Waals surface area contributed by atoms with Crippen LogP contribution < -0.4 is 5.32 Å². The molecule has 1 fully saturated rings. The monoisotopic (exact) mass is 250 g/mol. The molecule has 5 nitrogen and oxygen atoms in total. The molecule has 5 heteroatoms. The first-order valence-electron chi connectivity index (χ1n) is 6.25. The lowest BCUT2D eigenvalue weighted by molar-refractivity contribution is 0.0697. The van der Waals surface area contributed by atoms with Gasteiger partial charge < -0.3 is 15.5 Å². The van der Waals surface area contributed by atoms with Crippen LogP contribution in [0.2, 0.25) is 0 Å². The number of nitrogens with one attached hydrogen (secondary N) is 1. The highest BCUT2D eigenvalue weighted by molar-refractivity contribution is 5.88. The number of rotatable bonds is 5. The molecular weight excluding hydrogens is 232 g/mol. The zero-order chi connectivity index (χ0) is 13.0. The molecule has 1 saturated carbocycles. The minimum Gasteiger partial charge on any atom is -0.478 e. The van der Waals surface area contributed by atoms with E-state index in [-0.39, 0.29) is 12.2 Å². The van der Waals surface area contributed by atoms with Gasteiger partial charge in [0.15, 0.2) is 0 Å². The number of aliphatic hydroxyl groups is 1. The molecule has 1 aliphatic rings. The van der Waals surface area contributed by atoms with Crippen molar-refractivity contribution in [3.8, 4) is 0 Å². The van der Waals surface area contributed by atoms with Gasteiger partial charge in [0.1, 0.15) is 5.82 Å². The SMILES string of the molecule is O=C(O)c1ccnc(NCC2CCCC2CO)c1. The van der Waals surface area contributed by atoms with Gasteiger partial charge in [0.2, 0.25) is 0 Å². The molecule has 0 amide bonds. The smallest absolute Gasteiger partial charge is 0.335 e. The molecule has 0 spiro atoms. The Hall–Kier alpha value is -1.62. The molecule has 3 N–H and O–H groups in total. The third-order valence-corrected chi connectivity index (χ3v) is 3.60. The number of hydrogen-bond donors (Lipinski definition) is 3. The second kappa shape index (κ2) is 5.82. The summed E-state index contributed by atoms with van der Waals surface area (Å²) in [6.07, 6.45) is 4.83. The van der Waals surface area contributed by atoms with Gasteiger partial charge in [-0.3, -0.25) is 0 Å². The molecule has 0 saturated heterocycles. The number of anilines is 1. The van der Waals surface area contributed by atoms with Crippen molar-refractivity contribution in [2.75, 3.05) is 18.5 Å². The number of pyridine rings is 1. The summed E-state index contributed by atoms with van der Waals surface area (Å²) in [4.78, 5) is 14.9. The molecule has 0 bridgehead atoms. The Morgan fingerprint density at radius 1 is 1.44 bits per heavy atom. The maximum atomic E-state index is 10.8. The number of hydrogen-bond acceptors (Lipinski definition) is 4. The van der Waals surface area contributed by atoms with Crippen molar-refractivity contribution in [1.29, 1.82) is 0 Å². The third-order valence-electron chi connectivity index (χ3n) is 3.60. The van der Waals surface area contributed by atoms with Crippen LogP contribution in [0.5, 0.6) is 0 Å². The van der Waals surface area contributed by atoms with Crippen LogP contribution >= 0.6 is 0 Å². The van der Waals surface area contributed by atoms with Crippen LogP contribution in [-0.4, -0.2) is 34.3 Å². The fraction of sp³-hybridized carbons (Fsp3) is 0.538. The van der Waals surface area contributed by atoms with Crippen molar-refractivity contribution >= 4 is 11.8 Å². The van der Waals surface area contributed by atoms with Crippen LogP contribution in [0.1, 0.15) is 29.6 Å². The molecule has 1 heterocycles. The molecule has 18 heavy (non-hydrogen) atoms. The summed E-state index contributed by atoms with van der Waals surface area (Å²) in [5.41, 5.74) is 0.234. The minimum absolute atomic E-state index is 0.231. The van der Waals surface area contributed by atoms with E-state index in [0.29, 0.717) is 17.7 Å². The largest absolute Gasteiger partial charge is 0.478 e. The average Bonchev–Trinajstić information content (AvgIpc) is 2.84. The predicted molar refractivity (Wildman–Crippen MR) is 67.6 cm³/mol. The average molecular weight is 250 g/mol. The molecule has 0 radical (unpaired) electrons. The normalized spacial score (nSPS) is 22.9. The Kier molecular flexibility index (Phi) is 4.15. The first kappa shape index (κ1) is 12.8. The molecule has 2 atom stereocenters. The zero-order valence-corrected chi connectivity index (χ0v) is 10.2. The lowest BCUT2D eigenvalue weighted by Gasteiger charge is -2.18. The second-order valence-corrected chi connectivity index (χ2v) is 4.75. The fourth-order valence-corrected chi connectivity index (χ4v) is 2.52. The van der Waals surface area contributed by atoms with Crippen molar-refractivity contribution in [2.45, 2.75) is 19.3 Å². The van der Waals surface area contributed by atoms with Crippen LogP contribution in [0.25, 0.3) is 0 Å². The first-order chi connectivity index (χ1) is 8.70. The number of aromatic carboxylic acids is 1. The highest BCUT2D eigenvalue weighted by Gasteiger charge is 2.26. The van der Waals surface area contributed by atoms with E-state index in [9.17, 15) is 9.90 Å². The van der Waals surface area contributed by atoms with Crippen LogP contribution in [0, 0.1) is 11.8 Å². The van der Waals surface area contributed by atoms with E-state index in [1.54, 1.807) is 0 Å². The van der Waals surface area contributed by atoms with Crippen LogP contribution in [-0.2, 0) is 0 Å². The van der Waals surface area contributed by atoms with Gasteiger partial charge in [0, 0.05) is 19.3 Å². The molecule has 98 valence electrons. The summed E-state index contributed by atoms with van der Waals surface area (Å²) >= 11 is 0. The first-order valence-corrected chi connectivity index (χ1v) is 6.25. The molecule has 0 aliphatic heterocycles. The summed E-state index contributed by atoms with van der Waals surface area (Å²) in [6.45, 7) is 0.968. The number of aromatic nitrogens is 1. The Balaban J connectivity index is 1.93. The quantitative estimate of drug-likeness (QED) is 0.739. The number of aliphatic hydroxyl groups excluding tert-OH is 1. The van der Waals surface area contributed by atoms with Gasteiger partial charge in [0.05, 0.1) is 5.56 Å². The third kappa shape index (κ3) is 2.98. The number of carbonyl (C=O) groups is 1. The highest BCUT2D eigenvalue weighted by Crippen LogP contribution is 2.31. The van der Waals surface area contributed by atoms with Gasteiger partial charge >= 0.3 is 5.97 Å². The van der Waals surface area contributed by atoms with Gasteiger partial charge in [0.25, 0.3) is 0 Å². The number of carboxylic acid groups (broad SMARTS) is 1. The van der Waals surface area contributed by atoms with E-state index in [2.05, 4.69) is 10.3 Å². The lowest BCUT2D eigenvalue weighted by atomic mass is 9.97. The summed E-state index contributed by atoms with van der Waals surface area (Å²) in [6, 6.07) is 3.00. The maximum absolute atomic E-state index is 10.8. The lowest BCUT2D eigenvalue weighted by Crippen LogP contribution is -2.21. The van der Waals surface area contributed by atoms with Gasteiger partial charge in [-0.15, -0.1) is 0 Å². The topological polar surface area (TPSA) is 82.5 Å². The van der Waals surface area contributed by atoms with Crippen molar-refractivity contribution < 1.29 is 15.0 Å². The number of nitrogens with zero attached hydrogens (tertiary/aromatic N) is 1. The molecule has 0 aromatic carbocycles. The van der Waals surface area contributed by atoms with Crippen LogP contribution in [0.15, 0.2) is 18.3 Å². The van der Waals surface area contributed by atoms with Crippen molar-refractivity contribution in [1.82, 2.24) is 4.98 Å². The zero-order valence-electron chi connectivity index (χ0n) is 10.2. The van der Waals surface area contributed by atoms with E-state index in [0.717, 1.165) is 25.8 Å². The Morgan fingerprint density at radius 2 is 2.22 bits per heavy atom. The van der Waals surface area contributed by atoms with Gasteiger partial charge in [-0.2, -0.15) is 0 Å². The predicted octanol–water partition coefficient (Wildman–Crippen LogP) is 1.60. The van der Waals surface area contributed by atoms with E-state index in [4.69, 9.17) is 5.11 Å². The van der Waals surface area contributed by atoms with E-state index in [1.165, 1.54) is 18.3 Å². The van der Waals surface area contributed by atoms with Crippen LogP contribution in [0.3, 0.4) is 0 Å². The standard InChI is InChI=1S/C13H18N2O3/c16-8-11-3-1-2-10(11)7-15-12-6-9(13(17)18)4-5-14-12/h4-6,10-11,16H,1-3,7-8H2,(H,14,15)(H,17,18).